The molecule has 1 N–H and O–H groups in total. The summed E-state index contributed by atoms with van der Waals surface area (Å²) in [4.78, 5) is 12.0. The molecule has 5 nitrogen and oxygen atoms in total. The molecule has 0 unspecified atom stereocenters. The number of benzene rings is 1. The molecule has 0 bridgehead atoms. The fraction of sp³-hybridized carbons (Fsp3) is 0.562. The van der Waals surface area contributed by atoms with Gasteiger partial charge in [0.05, 0.1) is 25.4 Å². The van der Waals surface area contributed by atoms with Crippen molar-refractivity contribution < 1.29 is 23.4 Å². The Morgan fingerprint density at radius 2 is 2.27 bits per heavy atom. The van der Waals surface area contributed by atoms with Gasteiger partial charge in [0.25, 0.3) is 0 Å². The Hall–Kier alpha value is -1.66. The highest BCUT2D eigenvalue weighted by molar-refractivity contribution is 5.77. The van der Waals surface area contributed by atoms with E-state index in [1.165, 1.54) is 12.1 Å². The summed E-state index contributed by atoms with van der Waals surface area (Å²) in [6.07, 6.45) is 2.75. The topological polar surface area (TPSA) is 56.8 Å². The first-order valence-corrected chi connectivity index (χ1v) is 7.63. The lowest BCUT2D eigenvalue weighted by Gasteiger charge is -2.26. The molecule has 3 rings (SSSR count). The average molecular weight is 309 g/mol. The van der Waals surface area contributed by atoms with E-state index in [1.54, 1.807) is 6.07 Å². The molecule has 0 radical (unpaired) electrons. The van der Waals surface area contributed by atoms with Crippen molar-refractivity contribution in [1.82, 2.24) is 5.32 Å². The molecule has 2 aliphatic rings. The quantitative estimate of drug-likeness (QED) is 0.903. The van der Waals surface area contributed by atoms with E-state index in [-0.39, 0.29) is 30.5 Å². The van der Waals surface area contributed by atoms with Crippen molar-refractivity contribution in [3.63, 3.8) is 0 Å². The lowest BCUT2D eigenvalue weighted by atomic mass is 10.0. The van der Waals surface area contributed by atoms with Crippen LogP contribution in [0.5, 0.6) is 5.75 Å². The van der Waals surface area contributed by atoms with Crippen molar-refractivity contribution >= 4 is 5.91 Å². The number of carbonyl (C=O) groups excluding carboxylic acids is 1. The Balaban J connectivity index is 1.50. The smallest absolute Gasteiger partial charge is 0.246 e. The zero-order valence-corrected chi connectivity index (χ0v) is 12.3. The van der Waals surface area contributed by atoms with E-state index in [0.717, 1.165) is 19.4 Å². The summed E-state index contributed by atoms with van der Waals surface area (Å²) in [5.41, 5.74) is 0.679. The minimum absolute atomic E-state index is 0.0120. The first-order chi connectivity index (χ1) is 10.7. The van der Waals surface area contributed by atoms with Crippen LogP contribution in [0.3, 0.4) is 0 Å². The second-order valence-corrected chi connectivity index (χ2v) is 5.59. The zero-order valence-electron chi connectivity index (χ0n) is 12.3. The van der Waals surface area contributed by atoms with Crippen LogP contribution in [0.1, 0.15) is 30.9 Å². The summed E-state index contributed by atoms with van der Waals surface area (Å²) < 4.78 is 29.7. The Morgan fingerprint density at radius 3 is 3.09 bits per heavy atom. The summed E-state index contributed by atoms with van der Waals surface area (Å²) in [5, 5.41) is 2.88. The molecule has 1 aromatic carbocycles. The van der Waals surface area contributed by atoms with E-state index in [4.69, 9.17) is 14.2 Å². The maximum absolute atomic E-state index is 13.4. The molecule has 1 aromatic rings. The summed E-state index contributed by atoms with van der Waals surface area (Å²) in [6, 6.07) is 4.12. The Kier molecular flexibility index (Phi) is 4.90. The van der Waals surface area contributed by atoms with Gasteiger partial charge in [-0.3, -0.25) is 4.79 Å². The Bertz CT molecular complexity index is 531. The maximum Gasteiger partial charge on any atom is 0.246 e. The van der Waals surface area contributed by atoms with Crippen LogP contribution in [0.2, 0.25) is 0 Å². The number of ether oxygens (including phenoxy) is 3. The fourth-order valence-electron chi connectivity index (χ4n) is 2.81. The van der Waals surface area contributed by atoms with Crippen molar-refractivity contribution in [2.75, 3.05) is 26.4 Å². The standard InChI is InChI=1S/C16H20FNO4/c17-11-3-4-15-13(8-11)14(5-7-22-15)18-16(19)10-20-9-12-2-1-6-21-12/h3-4,8,12,14H,1-2,5-7,9-10H2,(H,18,19)/t12-,14-/m1/s1. The summed E-state index contributed by atoms with van der Waals surface area (Å²) in [6.45, 7) is 1.69. The number of hydrogen-bond donors (Lipinski definition) is 1. The number of rotatable bonds is 5. The first kappa shape index (κ1) is 15.2. The monoisotopic (exact) mass is 309 g/mol. The van der Waals surface area contributed by atoms with Crippen molar-refractivity contribution in [3.05, 3.63) is 29.6 Å². The molecule has 0 saturated carbocycles. The van der Waals surface area contributed by atoms with Crippen LogP contribution in [0.4, 0.5) is 4.39 Å². The van der Waals surface area contributed by atoms with Crippen LogP contribution < -0.4 is 10.1 Å². The molecule has 2 atom stereocenters. The Morgan fingerprint density at radius 1 is 1.36 bits per heavy atom. The summed E-state index contributed by atoms with van der Waals surface area (Å²) in [7, 11) is 0. The molecule has 1 amide bonds. The maximum atomic E-state index is 13.4. The van der Waals surface area contributed by atoms with Gasteiger partial charge >= 0.3 is 0 Å². The predicted molar refractivity (Wildman–Crippen MR) is 77.2 cm³/mol. The van der Waals surface area contributed by atoms with Crippen LogP contribution in [0.15, 0.2) is 18.2 Å². The van der Waals surface area contributed by atoms with Gasteiger partial charge in [0.15, 0.2) is 0 Å². The van der Waals surface area contributed by atoms with E-state index >= 15 is 0 Å². The molecule has 22 heavy (non-hydrogen) atoms. The average Bonchev–Trinajstić information content (AvgIpc) is 3.01. The van der Waals surface area contributed by atoms with E-state index < -0.39 is 0 Å². The number of fused-ring (bicyclic) bond motifs is 1. The number of hydrogen-bond acceptors (Lipinski definition) is 4. The molecular formula is C16H20FNO4. The van der Waals surface area contributed by atoms with Crippen LogP contribution in [-0.2, 0) is 14.3 Å². The van der Waals surface area contributed by atoms with Gasteiger partial charge in [-0.2, -0.15) is 0 Å². The minimum Gasteiger partial charge on any atom is -0.493 e. The molecule has 0 spiro atoms. The number of carbonyl (C=O) groups is 1. The van der Waals surface area contributed by atoms with Crippen LogP contribution in [0.25, 0.3) is 0 Å². The van der Waals surface area contributed by atoms with Gasteiger partial charge in [0.2, 0.25) is 5.91 Å². The van der Waals surface area contributed by atoms with Gasteiger partial charge in [0, 0.05) is 18.6 Å². The molecule has 2 aliphatic heterocycles. The minimum atomic E-state index is -0.335. The number of amides is 1. The predicted octanol–water partition coefficient (Wildman–Crippen LogP) is 1.96. The van der Waals surface area contributed by atoms with E-state index in [1.807, 2.05) is 0 Å². The van der Waals surface area contributed by atoms with Gasteiger partial charge < -0.3 is 19.5 Å². The van der Waals surface area contributed by atoms with Crippen LogP contribution in [-0.4, -0.2) is 38.4 Å². The normalized spacial score (nSPS) is 23.7. The number of nitrogens with one attached hydrogen (secondary N) is 1. The molecule has 1 fully saturated rings. The van der Waals surface area contributed by atoms with Gasteiger partial charge in [-0.25, -0.2) is 4.39 Å². The van der Waals surface area contributed by atoms with Gasteiger partial charge in [-0.05, 0) is 31.0 Å². The first-order valence-electron chi connectivity index (χ1n) is 7.63. The lowest BCUT2D eigenvalue weighted by molar-refractivity contribution is -0.127. The van der Waals surface area contributed by atoms with Gasteiger partial charge in [-0.1, -0.05) is 0 Å². The molecule has 120 valence electrons. The molecule has 2 heterocycles. The number of halogens is 1. The van der Waals surface area contributed by atoms with Gasteiger partial charge in [0.1, 0.15) is 18.2 Å². The van der Waals surface area contributed by atoms with Crippen molar-refractivity contribution in [2.24, 2.45) is 0 Å². The molecule has 0 aliphatic carbocycles. The lowest BCUT2D eigenvalue weighted by Crippen LogP contribution is -2.35. The van der Waals surface area contributed by atoms with E-state index in [0.29, 0.717) is 30.9 Å². The van der Waals surface area contributed by atoms with Crippen molar-refractivity contribution in [1.29, 1.82) is 0 Å². The van der Waals surface area contributed by atoms with E-state index in [9.17, 15) is 9.18 Å². The summed E-state index contributed by atoms with van der Waals surface area (Å²) in [5.74, 6) is 0.0801. The third-order valence-corrected chi connectivity index (χ3v) is 3.91. The highest BCUT2D eigenvalue weighted by Gasteiger charge is 2.24. The highest BCUT2D eigenvalue weighted by Crippen LogP contribution is 2.32. The van der Waals surface area contributed by atoms with Gasteiger partial charge in [-0.15, -0.1) is 0 Å². The highest BCUT2D eigenvalue weighted by atomic mass is 19.1. The third kappa shape index (κ3) is 3.75. The van der Waals surface area contributed by atoms with Crippen molar-refractivity contribution in [2.45, 2.75) is 31.4 Å². The summed E-state index contributed by atoms with van der Waals surface area (Å²) >= 11 is 0. The SMILES string of the molecule is O=C(COC[C@H]1CCCO1)N[C@@H]1CCOc2ccc(F)cc21. The largest absolute Gasteiger partial charge is 0.493 e. The molecule has 1 saturated heterocycles. The third-order valence-electron chi connectivity index (χ3n) is 3.91. The van der Waals surface area contributed by atoms with Crippen molar-refractivity contribution in [3.8, 4) is 5.75 Å². The Labute approximate surface area is 128 Å². The molecule has 6 heteroatoms. The molecular weight excluding hydrogens is 289 g/mol. The second-order valence-electron chi connectivity index (χ2n) is 5.59. The second kappa shape index (κ2) is 7.07. The zero-order chi connectivity index (χ0) is 15.4. The van der Waals surface area contributed by atoms with Crippen LogP contribution in [0, 0.1) is 5.82 Å². The molecule has 0 aromatic heterocycles. The fourth-order valence-corrected chi connectivity index (χ4v) is 2.81. The van der Waals surface area contributed by atoms with Crippen LogP contribution >= 0.6 is 0 Å². The van der Waals surface area contributed by atoms with E-state index in [2.05, 4.69) is 5.32 Å².